The summed E-state index contributed by atoms with van der Waals surface area (Å²) >= 11 is 0. The Labute approximate surface area is 84.5 Å². The third-order valence-electron chi connectivity index (χ3n) is 2.76. The van der Waals surface area contributed by atoms with Gasteiger partial charge in [0.05, 0.1) is 0 Å². The minimum atomic E-state index is -0.440. The van der Waals surface area contributed by atoms with Crippen molar-refractivity contribution >= 4 is 0 Å². The molecule has 0 saturated heterocycles. The molecule has 0 aliphatic carbocycles. The quantitative estimate of drug-likeness (QED) is 0.780. The number of benzene rings is 1. The van der Waals surface area contributed by atoms with E-state index in [1.807, 2.05) is 25.1 Å². The van der Waals surface area contributed by atoms with Gasteiger partial charge in [-0.3, -0.25) is 0 Å². The van der Waals surface area contributed by atoms with Gasteiger partial charge in [-0.1, -0.05) is 31.5 Å². The zero-order valence-electron chi connectivity index (χ0n) is 8.66. The van der Waals surface area contributed by atoms with Crippen molar-refractivity contribution in [1.82, 2.24) is 0 Å². The lowest BCUT2D eigenvalue weighted by molar-refractivity contribution is 0.0614. The Kier molecular flexibility index (Phi) is 2.46. The summed E-state index contributed by atoms with van der Waals surface area (Å²) in [5.74, 6) is 0.887. The van der Waals surface area contributed by atoms with E-state index in [9.17, 15) is 5.11 Å². The highest BCUT2D eigenvalue weighted by Gasteiger charge is 2.32. The highest BCUT2D eigenvalue weighted by molar-refractivity contribution is 5.45. The van der Waals surface area contributed by atoms with Crippen LogP contribution in [0.1, 0.15) is 37.0 Å². The fraction of sp³-hybridized carbons (Fsp3) is 0.500. The lowest BCUT2D eigenvalue weighted by Gasteiger charge is -2.12. The van der Waals surface area contributed by atoms with Gasteiger partial charge in [-0.05, 0) is 18.9 Å². The van der Waals surface area contributed by atoms with Gasteiger partial charge in [-0.15, -0.1) is 0 Å². The standard InChI is InChI=1S/C12H16O2/c1-3-5-10-11(13)9-7-4-6-8(2)12(9)14-10/h4,6-7,10-11,13H,3,5H2,1-2H3. The molecular formula is C12H16O2. The van der Waals surface area contributed by atoms with Crippen LogP contribution in [-0.4, -0.2) is 11.2 Å². The molecule has 1 aromatic rings. The number of ether oxygens (including phenoxy) is 1. The second kappa shape index (κ2) is 3.62. The van der Waals surface area contributed by atoms with Crippen molar-refractivity contribution in [3.05, 3.63) is 29.3 Å². The summed E-state index contributed by atoms with van der Waals surface area (Å²) < 4.78 is 5.74. The molecule has 0 bridgehead atoms. The summed E-state index contributed by atoms with van der Waals surface area (Å²) in [5, 5.41) is 9.97. The Morgan fingerprint density at radius 3 is 2.86 bits per heavy atom. The lowest BCUT2D eigenvalue weighted by atomic mass is 10.0. The molecule has 0 spiro atoms. The summed E-state index contributed by atoms with van der Waals surface area (Å²) in [7, 11) is 0. The van der Waals surface area contributed by atoms with Crippen LogP contribution in [0.2, 0.25) is 0 Å². The lowest BCUT2D eigenvalue weighted by Crippen LogP contribution is -2.17. The second-order valence-electron chi connectivity index (χ2n) is 3.88. The maximum absolute atomic E-state index is 9.97. The zero-order valence-corrected chi connectivity index (χ0v) is 8.66. The van der Waals surface area contributed by atoms with Crippen molar-refractivity contribution in [1.29, 1.82) is 0 Å². The van der Waals surface area contributed by atoms with Crippen LogP contribution < -0.4 is 4.74 Å². The molecule has 14 heavy (non-hydrogen) atoms. The van der Waals surface area contributed by atoms with Crippen LogP contribution in [0, 0.1) is 6.92 Å². The molecule has 1 aliphatic heterocycles. The van der Waals surface area contributed by atoms with Crippen molar-refractivity contribution in [2.75, 3.05) is 0 Å². The molecule has 2 rings (SSSR count). The largest absolute Gasteiger partial charge is 0.487 e. The van der Waals surface area contributed by atoms with Crippen molar-refractivity contribution in [3.8, 4) is 5.75 Å². The number of hydrogen-bond acceptors (Lipinski definition) is 2. The number of rotatable bonds is 2. The van der Waals surface area contributed by atoms with Gasteiger partial charge in [0.25, 0.3) is 0 Å². The predicted octanol–water partition coefficient (Wildman–Crippen LogP) is 2.59. The Bertz CT molecular complexity index is 333. The Hall–Kier alpha value is -1.02. The molecule has 2 nitrogen and oxygen atoms in total. The van der Waals surface area contributed by atoms with Crippen LogP contribution in [0.3, 0.4) is 0 Å². The van der Waals surface area contributed by atoms with Gasteiger partial charge in [0.15, 0.2) is 0 Å². The monoisotopic (exact) mass is 192 g/mol. The van der Waals surface area contributed by atoms with E-state index < -0.39 is 6.10 Å². The molecular weight excluding hydrogens is 176 g/mol. The smallest absolute Gasteiger partial charge is 0.129 e. The van der Waals surface area contributed by atoms with E-state index in [4.69, 9.17) is 4.74 Å². The highest BCUT2D eigenvalue weighted by atomic mass is 16.5. The first kappa shape index (κ1) is 9.53. The molecule has 1 aliphatic rings. The molecule has 0 saturated carbocycles. The summed E-state index contributed by atoms with van der Waals surface area (Å²) in [6.45, 7) is 4.12. The topological polar surface area (TPSA) is 29.5 Å². The molecule has 0 aromatic heterocycles. The van der Waals surface area contributed by atoms with E-state index in [0.29, 0.717) is 0 Å². The van der Waals surface area contributed by atoms with E-state index in [1.54, 1.807) is 0 Å². The van der Waals surface area contributed by atoms with Gasteiger partial charge in [0, 0.05) is 5.56 Å². The number of aliphatic hydroxyl groups is 1. The first-order valence-corrected chi connectivity index (χ1v) is 5.18. The van der Waals surface area contributed by atoms with Crippen molar-refractivity contribution < 1.29 is 9.84 Å². The van der Waals surface area contributed by atoms with Crippen LogP contribution >= 0.6 is 0 Å². The van der Waals surface area contributed by atoms with Gasteiger partial charge in [-0.25, -0.2) is 0 Å². The van der Waals surface area contributed by atoms with E-state index in [2.05, 4.69) is 6.92 Å². The molecule has 2 atom stereocenters. The zero-order chi connectivity index (χ0) is 10.1. The molecule has 0 amide bonds. The van der Waals surface area contributed by atoms with Crippen molar-refractivity contribution in [2.45, 2.75) is 38.9 Å². The normalized spacial score (nSPS) is 24.5. The van der Waals surface area contributed by atoms with E-state index >= 15 is 0 Å². The van der Waals surface area contributed by atoms with E-state index in [-0.39, 0.29) is 6.10 Å². The van der Waals surface area contributed by atoms with Crippen LogP contribution in [0.15, 0.2) is 18.2 Å². The third-order valence-corrected chi connectivity index (χ3v) is 2.76. The Morgan fingerprint density at radius 1 is 1.43 bits per heavy atom. The van der Waals surface area contributed by atoms with Crippen LogP contribution in [0.4, 0.5) is 0 Å². The predicted molar refractivity (Wildman–Crippen MR) is 55.5 cm³/mol. The summed E-state index contributed by atoms with van der Waals surface area (Å²) in [4.78, 5) is 0. The first-order valence-electron chi connectivity index (χ1n) is 5.18. The van der Waals surface area contributed by atoms with E-state index in [0.717, 1.165) is 29.7 Å². The molecule has 0 fully saturated rings. The highest BCUT2D eigenvalue weighted by Crippen LogP contribution is 2.40. The van der Waals surface area contributed by atoms with Gasteiger partial charge in [-0.2, -0.15) is 0 Å². The number of para-hydroxylation sites is 1. The fourth-order valence-corrected chi connectivity index (χ4v) is 1.99. The maximum atomic E-state index is 9.97. The molecule has 1 N–H and O–H groups in total. The van der Waals surface area contributed by atoms with Crippen LogP contribution in [0.25, 0.3) is 0 Å². The number of fused-ring (bicyclic) bond motifs is 1. The third kappa shape index (κ3) is 1.40. The number of aliphatic hydroxyl groups excluding tert-OH is 1. The SMILES string of the molecule is CCCC1Oc2c(C)cccc2C1O. The summed E-state index contributed by atoms with van der Waals surface area (Å²) in [6, 6.07) is 5.93. The first-order chi connectivity index (χ1) is 6.74. The molecule has 1 heterocycles. The average Bonchev–Trinajstić information content (AvgIpc) is 2.48. The number of aryl methyl sites for hydroxylation is 1. The van der Waals surface area contributed by atoms with Crippen LogP contribution in [-0.2, 0) is 0 Å². The van der Waals surface area contributed by atoms with Crippen molar-refractivity contribution in [3.63, 3.8) is 0 Å². The van der Waals surface area contributed by atoms with Gasteiger partial charge in [0.1, 0.15) is 18.0 Å². The minimum absolute atomic E-state index is 0.0453. The Morgan fingerprint density at radius 2 is 2.21 bits per heavy atom. The molecule has 1 aromatic carbocycles. The molecule has 76 valence electrons. The Balaban J connectivity index is 2.30. The fourth-order valence-electron chi connectivity index (χ4n) is 1.99. The summed E-state index contributed by atoms with van der Waals surface area (Å²) in [5.41, 5.74) is 2.06. The van der Waals surface area contributed by atoms with Gasteiger partial charge in [0.2, 0.25) is 0 Å². The average molecular weight is 192 g/mol. The van der Waals surface area contributed by atoms with E-state index in [1.165, 1.54) is 0 Å². The van der Waals surface area contributed by atoms with Crippen LogP contribution in [0.5, 0.6) is 5.75 Å². The van der Waals surface area contributed by atoms with Gasteiger partial charge < -0.3 is 9.84 Å². The molecule has 2 unspecified atom stereocenters. The minimum Gasteiger partial charge on any atom is -0.487 e. The maximum Gasteiger partial charge on any atom is 0.129 e. The van der Waals surface area contributed by atoms with Gasteiger partial charge >= 0.3 is 0 Å². The summed E-state index contributed by atoms with van der Waals surface area (Å²) in [6.07, 6.45) is 1.46. The molecule has 0 radical (unpaired) electrons. The van der Waals surface area contributed by atoms with Crippen molar-refractivity contribution in [2.24, 2.45) is 0 Å². The second-order valence-corrected chi connectivity index (χ2v) is 3.88. The molecule has 2 heteroatoms. The number of hydrogen-bond donors (Lipinski definition) is 1.